The van der Waals surface area contributed by atoms with Gasteiger partial charge in [0.05, 0.1) is 12.0 Å². The Kier molecular flexibility index (Phi) is 5.71. The summed E-state index contributed by atoms with van der Waals surface area (Å²) in [5.41, 5.74) is -0.512. The van der Waals surface area contributed by atoms with Crippen LogP contribution >= 0.6 is 11.6 Å². The van der Waals surface area contributed by atoms with Crippen LogP contribution in [0.25, 0.3) is 0 Å². The van der Waals surface area contributed by atoms with E-state index in [0.29, 0.717) is 0 Å². The van der Waals surface area contributed by atoms with Gasteiger partial charge in [-0.3, -0.25) is 10.1 Å². The lowest BCUT2D eigenvalue weighted by molar-refractivity contribution is -0.384. The molecule has 1 unspecified atom stereocenters. The Hall–Kier alpha value is -2.10. The minimum absolute atomic E-state index is 0.0548. The van der Waals surface area contributed by atoms with Gasteiger partial charge in [0.25, 0.3) is 0 Å². The van der Waals surface area contributed by atoms with Crippen LogP contribution in [0.5, 0.6) is 0 Å². The van der Waals surface area contributed by atoms with Crippen molar-refractivity contribution in [1.29, 1.82) is 0 Å². The second-order valence-electron chi connectivity index (χ2n) is 5.71. The number of nitro groups is 1. The molecule has 25 heavy (non-hydrogen) atoms. The number of hydrogen-bond donors (Lipinski definition) is 0. The molecule has 0 spiro atoms. The van der Waals surface area contributed by atoms with Gasteiger partial charge in [-0.15, -0.1) is 0 Å². The average molecular weight is 379 g/mol. The Morgan fingerprint density at radius 3 is 2.80 bits per heavy atom. The fraction of sp³-hybridized carbons (Fsp3) is 0.643. The molecule has 138 valence electrons. The normalized spacial score (nSPS) is 20.1. The third-order valence-corrected chi connectivity index (χ3v) is 4.31. The molecule has 1 saturated carbocycles. The van der Waals surface area contributed by atoms with Gasteiger partial charge in [0.2, 0.25) is 17.0 Å². The topological polar surface area (TPSA) is 98.5 Å². The number of nitrogens with zero attached hydrogens (tertiary/aromatic N) is 4. The molecule has 11 heteroatoms. The zero-order chi connectivity index (χ0) is 18.8. The average Bonchev–Trinajstić information content (AvgIpc) is 2.90. The van der Waals surface area contributed by atoms with E-state index < -0.39 is 41.0 Å². The molecular formula is C14H17ClF2N4O4. The smallest absolute Gasteiger partial charge is 0.329 e. The molecule has 0 aromatic carbocycles. The van der Waals surface area contributed by atoms with E-state index >= 15 is 0 Å². The zero-order valence-corrected chi connectivity index (χ0v) is 14.4. The summed E-state index contributed by atoms with van der Waals surface area (Å²) in [6, 6.07) is -1.82. The van der Waals surface area contributed by atoms with Crippen LogP contribution in [0.4, 0.5) is 20.3 Å². The van der Waals surface area contributed by atoms with E-state index in [2.05, 4.69) is 9.97 Å². The van der Waals surface area contributed by atoms with Crippen LogP contribution in [0.2, 0.25) is 5.28 Å². The number of anilines is 1. The quantitative estimate of drug-likeness (QED) is 0.325. The highest BCUT2D eigenvalue weighted by atomic mass is 35.5. The molecule has 0 radical (unpaired) electrons. The van der Waals surface area contributed by atoms with E-state index in [-0.39, 0.29) is 30.4 Å². The number of aromatic nitrogens is 2. The maximum atomic E-state index is 13.7. The SMILES string of the molecule is CCC(C(=O)OC)N(c1nc(Cl)ncc1[N+](=O)[O-])[C@@H]1CCC(F)(F)C1. The number of ether oxygens (including phenoxy) is 1. The molecule has 2 atom stereocenters. The van der Waals surface area contributed by atoms with Crippen molar-refractivity contribution in [2.75, 3.05) is 12.0 Å². The van der Waals surface area contributed by atoms with Crippen molar-refractivity contribution in [1.82, 2.24) is 9.97 Å². The van der Waals surface area contributed by atoms with Crippen LogP contribution < -0.4 is 4.90 Å². The van der Waals surface area contributed by atoms with Gasteiger partial charge in [-0.25, -0.2) is 18.6 Å². The van der Waals surface area contributed by atoms with Crippen molar-refractivity contribution in [3.63, 3.8) is 0 Å². The predicted molar refractivity (Wildman–Crippen MR) is 84.9 cm³/mol. The standard InChI is InChI=1S/C14H17ClF2N4O4/c1-3-9(12(22)25-2)20(8-4-5-14(16,17)6-8)11-10(21(23)24)7-18-13(15)19-11/h7-9H,3-6H2,1-2H3/t8-,9?/m1/s1. The van der Waals surface area contributed by atoms with Gasteiger partial charge in [-0.05, 0) is 24.4 Å². The summed E-state index contributed by atoms with van der Waals surface area (Å²) in [5, 5.41) is 11.0. The lowest BCUT2D eigenvalue weighted by Crippen LogP contribution is -2.48. The number of esters is 1. The van der Waals surface area contributed by atoms with Gasteiger partial charge in [0, 0.05) is 18.9 Å². The van der Waals surface area contributed by atoms with Gasteiger partial charge in [-0.1, -0.05) is 6.92 Å². The number of carbonyl (C=O) groups excluding carboxylic acids is 1. The summed E-state index contributed by atoms with van der Waals surface area (Å²) in [4.78, 5) is 31.4. The number of carbonyl (C=O) groups is 1. The molecule has 1 aromatic rings. The molecule has 0 saturated heterocycles. The maximum Gasteiger partial charge on any atom is 0.329 e. The first-order chi connectivity index (χ1) is 11.7. The lowest BCUT2D eigenvalue weighted by atomic mass is 10.1. The van der Waals surface area contributed by atoms with Crippen LogP contribution in [-0.4, -0.2) is 46.0 Å². The summed E-state index contributed by atoms with van der Waals surface area (Å²) in [5.74, 6) is -3.87. The number of halogens is 3. The number of methoxy groups -OCH3 is 1. The summed E-state index contributed by atoms with van der Waals surface area (Å²) < 4.78 is 32.2. The Morgan fingerprint density at radius 1 is 1.64 bits per heavy atom. The Morgan fingerprint density at radius 2 is 2.32 bits per heavy atom. The van der Waals surface area contributed by atoms with Crippen LogP contribution in [0.15, 0.2) is 6.20 Å². The van der Waals surface area contributed by atoms with Gasteiger partial charge < -0.3 is 9.64 Å². The van der Waals surface area contributed by atoms with Crippen molar-refractivity contribution in [3.05, 3.63) is 21.6 Å². The first kappa shape index (κ1) is 19.2. The monoisotopic (exact) mass is 378 g/mol. The third kappa shape index (κ3) is 4.12. The van der Waals surface area contributed by atoms with E-state index in [1.54, 1.807) is 6.92 Å². The lowest BCUT2D eigenvalue weighted by Gasteiger charge is -2.34. The highest BCUT2D eigenvalue weighted by Gasteiger charge is 2.46. The fourth-order valence-electron chi connectivity index (χ4n) is 3.02. The van der Waals surface area contributed by atoms with Crippen molar-refractivity contribution < 1.29 is 23.2 Å². The molecule has 0 aliphatic heterocycles. The van der Waals surface area contributed by atoms with E-state index in [9.17, 15) is 23.7 Å². The molecule has 0 bridgehead atoms. The van der Waals surface area contributed by atoms with Crippen molar-refractivity contribution >= 4 is 29.1 Å². The molecule has 1 aromatic heterocycles. The van der Waals surface area contributed by atoms with E-state index in [1.807, 2.05) is 0 Å². The van der Waals surface area contributed by atoms with E-state index in [1.165, 1.54) is 4.90 Å². The van der Waals surface area contributed by atoms with Gasteiger partial charge >= 0.3 is 11.7 Å². The Bertz CT molecular complexity index is 676. The molecule has 0 N–H and O–H groups in total. The minimum Gasteiger partial charge on any atom is -0.467 e. The van der Waals surface area contributed by atoms with Crippen LogP contribution in [-0.2, 0) is 9.53 Å². The van der Waals surface area contributed by atoms with Gasteiger partial charge in [0.15, 0.2) is 0 Å². The van der Waals surface area contributed by atoms with Crippen LogP contribution in [0, 0.1) is 10.1 Å². The zero-order valence-electron chi connectivity index (χ0n) is 13.6. The Labute approximate surface area is 147 Å². The summed E-state index contributed by atoms with van der Waals surface area (Å²) in [6.07, 6.45) is 0.221. The summed E-state index contributed by atoms with van der Waals surface area (Å²) in [6.45, 7) is 1.65. The van der Waals surface area contributed by atoms with Crippen molar-refractivity contribution in [3.8, 4) is 0 Å². The second-order valence-corrected chi connectivity index (χ2v) is 6.05. The molecule has 0 amide bonds. The molecule has 1 aliphatic rings. The van der Waals surface area contributed by atoms with Crippen LogP contribution in [0.3, 0.4) is 0 Å². The van der Waals surface area contributed by atoms with E-state index in [4.69, 9.17) is 16.3 Å². The fourth-order valence-corrected chi connectivity index (χ4v) is 3.15. The molecule has 1 aliphatic carbocycles. The molecule has 1 fully saturated rings. The first-order valence-electron chi connectivity index (χ1n) is 7.61. The Balaban J connectivity index is 2.57. The van der Waals surface area contributed by atoms with Crippen LogP contribution in [0.1, 0.15) is 32.6 Å². The van der Waals surface area contributed by atoms with Crippen molar-refractivity contribution in [2.45, 2.75) is 50.6 Å². The molecular weight excluding hydrogens is 362 g/mol. The number of hydrogen-bond acceptors (Lipinski definition) is 7. The molecule has 1 heterocycles. The third-order valence-electron chi connectivity index (χ3n) is 4.13. The second kappa shape index (κ2) is 7.42. The summed E-state index contributed by atoms with van der Waals surface area (Å²) in [7, 11) is 1.16. The maximum absolute atomic E-state index is 13.7. The van der Waals surface area contributed by atoms with Gasteiger partial charge in [-0.2, -0.15) is 4.98 Å². The predicted octanol–water partition coefficient (Wildman–Crippen LogP) is 2.98. The minimum atomic E-state index is -2.91. The summed E-state index contributed by atoms with van der Waals surface area (Å²) >= 11 is 5.75. The van der Waals surface area contributed by atoms with Crippen molar-refractivity contribution in [2.24, 2.45) is 0 Å². The highest BCUT2D eigenvalue weighted by molar-refractivity contribution is 6.28. The number of rotatable bonds is 6. The van der Waals surface area contributed by atoms with E-state index in [0.717, 1.165) is 13.3 Å². The largest absolute Gasteiger partial charge is 0.467 e. The number of alkyl halides is 2. The highest BCUT2D eigenvalue weighted by Crippen LogP contribution is 2.41. The first-order valence-corrected chi connectivity index (χ1v) is 7.99. The molecule has 8 nitrogen and oxygen atoms in total. The van der Waals surface area contributed by atoms with Gasteiger partial charge in [0.1, 0.15) is 12.2 Å². The molecule has 2 rings (SSSR count).